The minimum atomic E-state index is 0. The minimum Gasteiger partial charge on any atom is -0.383 e. The number of unbranched alkanes of at least 4 members (excludes halogenated alkanes) is 1. The molecule has 1 aliphatic heterocycles. The molecule has 1 heterocycles. The summed E-state index contributed by atoms with van der Waals surface area (Å²) in [6.45, 7) is 4.39. The van der Waals surface area contributed by atoms with Gasteiger partial charge in [0.25, 0.3) is 0 Å². The van der Waals surface area contributed by atoms with Crippen LogP contribution in [0.4, 0.5) is 0 Å². The zero-order chi connectivity index (χ0) is 14.4. The van der Waals surface area contributed by atoms with Gasteiger partial charge in [0.2, 0.25) is 5.91 Å². The van der Waals surface area contributed by atoms with Crippen LogP contribution in [0, 0.1) is 5.92 Å². The van der Waals surface area contributed by atoms with E-state index in [1.54, 1.807) is 7.11 Å². The van der Waals surface area contributed by atoms with Crippen molar-refractivity contribution in [3.8, 4) is 0 Å². The van der Waals surface area contributed by atoms with E-state index in [9.17, 15) is 4.79 Å². The molecule has 4 nitrogen and oxygen atoms in total. The van der Waals surface area contributed by atoms with Crippen LogP contribution < -0.4 is 5.32 Å². The van der Waals surface area contributed by atoms with Gasteiger partial charge in [-0.1, -0.05) is 26.2 Å². The second-order valence-electron chi connectivity index (χ2n) is 6.28. The molecule has 1 saturated carbocycles. The number of nitrogens with zero attached hydrogens (tertiary/aromatic N) is 1. The Balaban J connectivity index is 0.00000220. The van der Waals surface area contributed by atoms with Crippen molar-refractivity contribution in [1.29, 1.82) is 0 Å². The van der Waals surface area contributed by atoms with Crippen molar-refractivity contribution in [2.75, 3.05) is 26.8 Å². The van der Waals surface area contributed by atoms with Crippen LogP contribution in [0.15, 0.2) is 0 Å². The van der Waals surface area contributed by atoms with E-state index >= 15 is 0 Å². The lowest BCUT2D eigenvalue weighted by atomic mass is 9.85. The van der Waals surface area contributed by atoms with Gasteiger partial charge >= 0.3 is 0 Å². The van der Waals surface area contributed by atoms with Crippen LogP contribution in [-0.2, 0) is 9.53 Å². The molecule has 124 valence electrons. The van der Waals surface area contributed by atoms with Crippen LogP contribution >= 0.6 is 12.4 Å². The summed E-state index contributed by atoms with van der Waals surface area (Å²) < 4.78 is 5.15. The molecule has 0 radical (unpaired) electrons. The SMILES string of the molecule is CCCCN(CCOC)C(=O)C1CC2CCCCC2N1.Cl. The molecule has 2 rings (SSSR count). The summed E-state index contributed by atoms with van der Waals surface area (Å²) in [7, 11) is 1.70. The van der Waals surface area contributed by atoms with Crippen LogP contribution in [0.3, 0.4) is 0 Å². The highest BCUT2D eigenvalue weighted by atomic mass is 35.5. The summed E-state index contributed by atoms with van der Waals surface area (Å²) in [6.07, 6.45) is 8.45. The highest BCUT2D eigenvalue weighted by Gasteiger charge is 2.39. The van der Waals surface area contributed by atoms with Crippen LogP contribution in [0.1, 0.15) is 51.9 Å². The van der Waals surface area contributed by atoms with E-state index in [1.807, 2.05) is 4.90 Å². The molecule has 5 heteroatoms. The zero-order valence-electron chi connectivity index (χ0n) is 13.5. The van der Waals surface area contributed by atoms with Crippen molar-refractivity contribution in [1.82, 2.24) is 10.2 Å². The molecule has 0 aromatic rings. The monoisotopic (exact) mass is 318 g/mol. The number of nitrogens with one attached hydrogen (secondary N) is 1. The Bertz CT molecular complexity index is 289. The third kappa shape index (κ3) is 5.11. The summed E-state index contributed by atoms with van der Waals surface area (Å²) in [5.74, 6) is 1.03. The molecular formula is C16H31ClN2O2. The Morgan fingerprint density at radius 2 is 2.05 bits per heavy atom. The lowest BCUT2D eigenvalue weighted by Gasteiger charge is -2.26. The van der Waals surface area contributed by atoms with E-state index in [-0.39, 0.29) is 18.4 Å². The molecule has 2 fully saturated rings. The van der Waals surface area contributed by atoms with Crippen LogP contribution in [0.25, 0.3) is 0 Å². The third-order valence-corrected chi connectivity index (χ3v) is 4.82. The van der Waals surface area contributed by atoms with E-state index in [4.69, 9.17) is 4.74 Å². The number of carbonyl (C=O) groups is 1. The molecule has 3 atom stereocenters. The second kappa shape index (κ2) is 9.65. The standard InChI is InChI=1S/C16H30N2O2.ClH/c1-3-4-9-18(10-11-20-2)16(19)15-12-13-7-5-6-8-14(13)17-15;/h13-15,17H,3-12H2,1-2H3;1H. The van der Waals surface area contributed by atoms with Crippen molar-refractivity contribution in [3.63, 3.8) is 0 Å². The molecule has 0 aromatic carbocycles. The first-order chi connectivity index (χ1) is 9.76. The van der Waals surface area contributed by atoms with Gasteiger partial charge < -0.3 is 15.0 Å². The maximum Gasteiger partial charge on any atom is 0.239 e. The first-order valence-corrected chi connectivity index (χ1v) is 8.30. The molecule has 1 aliphatic carbocycles. The van der Waals surface area contributed by atoms with Gasteiger partial charge in [-0.3, -0.25) is 4.79 Å². The third-order valence-electron chi connectivity index (χ3n) is 4.82. The molecule has 21 heavy (non-hydrogen) atoms. The summed E-state index contributed by atoms with van der Waals surface area (Å²) in [5, 5.41) is 3.59. The van der Waals surface area contributed by atoms with Gasteiger partial charge in [-0.25, -0.2) is 0 Å². The summed E-state index contributed by atoms with van der Waals surface area (Å²) in [5.41, 5.74) is 0. The van der Waals surface area contributed by atoms with E-state index in [2.05, 4.69) is 12.2 Å². The predicted molar refractivity (Wildman–Crippen MR) is 87.9 cm³/mol. The van der Waals surface area contributed by atoms with E-state index in [0.29, 0.717) is 18.6 Å². The molecule has 1 amide bonds. The maximum atomic E-state index is 12.7. The van der Waals surface area contributed by atoms with Gasteiger partial charge in [0.05, 0.1) is 12.6 Å². The Morgan fingerprint density at radius 3 is 2.71 bits per heavy atom. The molecule has 1 N–H and O–H groups in total. The predicted octanol–water partition coefficient (Wildman–Crippen LogP) is 2.60. The molecule has 1 saturated heterocycles. The summed E-state index contributed by atoms with van der Waals surface area (Å²) >= 11 is 0. The average Bonchev–Trinajstić information content (AvgIpc) is 2.90. The zero-order valence-corrected chi connectivity index (χ0v) is 14.3. The Kier molecular flexibility index (Phi) is 8.60. The number of hydrogen-bond acceptors (Lipinski definition) is 3. The average molecular weight is 319 g/mol. The molecule has 0 aromatic heterocycles. The number of halogens is 1. The van der Waals surface area contributed by atoms with Gasteiger partial charge in [0.1, 0.15) is 0 Å². The Labute approximate surface area is 135 Å². The van der Waals surface area contributed by atoms with E-state index < -0.39 is 0 Å². The molecular weight excluding hydrogens is 288 g/mol. The van der Waals surface area contributed by atoms with Crippen molar-refractivity contribution >= 4 is 18.3 Å². The van der Waals surface area contributed by atoms with Gasteiger partial charge in [-0.05, 0) is 31.6 Å². The fourth-order valence-electron chi connectivity index (χ4n) is 3.61. The molecule has 2 aliphatic rings. The number of rotatable bonds is 7. The smallest absolute Gasteiger partial charge is 0.239 e. The normalized spacial score (nSPS) is 27.8. The van der Waals surface area contributed by atoms with Crippen LogP contribution in [-0.4, -0.2) is 49.7 Å². The van der Waals surface area contributed by atoms with Crippen molar-refractivity contribution in [2.45, 2.75) is 64.0 Å². The first kappa shape index (κ1) is 18.7. The van der Waals surface area contributed by atoms with Crippen molar-refractivity contribution in [3.05, 3.63) is 0 Å². The van der Waals surface area contributed by atoms with E-state index in [0.717, 1.165) is 38.3 Å². The van der Waals surface area contributed by atoms with E-state index in [1.165, 1.54) is 25.7 Å². The number of carbonyl (C=O) groups excluding carboxylic acids is 1. The highest BCUT2D eigenvalue weighted by Crippen LogP contribution is 2.33. The summed E-state index contributed by atoms with van der Waals surface area (Å²) in [6, 6.07) is 0.643. The Hall–Kier alpha value is -0.320. The number of hydrogen-bond donors (Lipinski definition) is 1. The van der Waals surface area contributed by atoms with Gasteiger partial charge in [-0.2, -0.15) is 0 Å². The number of amides is 1. The summed E-state index contributed by atoms with van der Waals surface area (Å²) in [4.78, 5) is 14.7. The first-order valence-electron chi connectivity index (χ1n) is 8.30. The molecule has 0 bridgehead atoms. The van der Waals surface area contributed by atoms with Gasteiger partial charge in [-0.15, -0.1) is 12.4 Å². The second-order valence-corrected chi connectivity index (χ2v) is 6.28. The van der Waals surface area contributed by atoms with Gasteiger partial charge in [0, 0.05) is 26.2 Å². The molecule has 0 spiro atoms. The fourth-order valence-corrected chi connectivity index (χ4v) is 3.61. The lowest BCUT2D eigenvalue weighted by molar-refractivity contribution is -0.133. The van der Waals surface area contributed by atoms with Gasteiger partial charge in [0.15, 0.2) is 0 Å². The minimum absolute atomic E-state index is 0. The Morgan fingerprint density at radius 1 is 1.29 bits per heavy atom. The van der Waals surface area contributed by atoms with Crippen molar-refractivity contribution in [2.24, 2.45) is 5.92 Å². The largest absolute Gasteiger partial charge is 0.383 e. The lowest BCUT2D eigenvalue weighted by Crippen LogP contribution is -2.46. The number of fused-ring (bicyclic) bond motifs is 1. The maximum absolute atomic E-state index is 12.7. The van der Waals surface area contributed by atoms with Crippen LogP contribution in [0.5, 0.6) is 0 Å². The van der Waals surface area contributed by atoms with Crippen LogP contribution in [0.2, 0.25) is 0 Å². The fraction of sp³-hybridized carbons (Fsp3) is 0.938. The number of ether oxygens (including phenoxy) is 1. The quantitative estimate of drug-likeness (QED) is 0.784. The highest BCUT2D eigenvalue weighted by molar-refractivity contribution is 5.85. The molecule has 3 unspecified atom stereocenters. The van der Waals surface area contributed by atoms with Crippen molar-refractivity contribution < 1.29 is 9.53 Å². The topological polar surface area (TPSA) is 41.6 Å². The number of methoxy groups -OCH3 is 1.